The smallest absolute Gasteiger partial charge is 0.293 e. The Kier molecular flexibility index (Phi) is 4.17. The van der Waals surface area contributed by atoms with E-state index in [2.05, 4.69) is 31.9 Å². The van der Waals surface area contributed by atoms with Crippen LogP contribution in [0.15, 0.2) is 22.7 Å². The van der Waals surface area contributed by atoms with Gasteiger partial charge >= 0.3 is 6.18 Å². The van der Waals surface area contributed by atoms with Gasteiger partial charge in [-0.15, -0.1) is 0 Å². The summed E-state index contributed by atoms with van der Waals surface area (Å²) in [6, 6.07) is 3.25. The molecule has 1 nitrogen and oxygen atoms in total. The Balaban J connectivity index is 3.15. The molecule has 0 saturated heterocycles. The highest BCUT2D eigenvalue weighted by molar-refractivity contribution is 9.10. The van der Waals surface area contributed by atoms with Crippen molar-refractivity contribution < 1.29 is 18.0 Å². The van der Waals surface area contributed by atoms with Crippen LogP contribution < -0.4 is 0 Å². The fourth-order valence-electron chi connectivity index (χ4n) is 1.13. The minimum absolute atomic E-state index is 0.126. The molecule has 0 bridgehead atoms. The number of rotatable bonds is 2. The molecule has 0 aliphatic rings. The van der Waals surface area contributed by atoms with Crippen LogP contribution in [0.5, 0.6) is 0 Å². The summed E-state index contributed by atoms with van der Waals surface area (Å²) >= 11 is 5.88. The molecule has 0 aromatic heterocycles. The van der Waals surface area contributed by atoms with Crippen LogP contribution in [-0.2, 0) is 6.18 Å². The van der Waals surface area contributed by atoms with Crippen molar-refractivity contribution in [3.63, 3.8) is 0 Å². The van der Waals surface area contributed by atoms with Crippen molar-refractivity contribution in [1.82, 2.24) is 0 Å². The van der Waals surface area contributed by atoms with E-state index in [1.165, 1.54) is 12.1 Å². The second-order valence-electron chi connectivity index (χ2n) is 3.17. The molecule has 1 atom stereocenters. The van der Waals surface area contributed by atoms with E-state index in [0.29, 0.717) is 0 Å². The normalized spacial score (nSPS) is 13.6. The molecule has 0 aliphatic heterocycles. The molecule has 88 valence electrons. The zero-order valence-corrected chi connectivity index (χ0v) is 11.3. The van der Waals surface area contributed by atoms with Crippen LogP contribution in [0.25, 0.3) is 0 Å². The zero-order valence-electron chi connectivity index (χ0n) is 8.11. The molecule has 16 heavy (non-hydrogen) atoms. The SMILES string of the molecule is CC(Br)C(=O)c1ccc(C(F)(F)F)c(Br)c1. The molecule has 1 unspecified atom stereocenters. The number of hydrogen-bond donors (Lipinski definition) is 0. The fraction of sp³-hybridized carbons (Fsp3) is 0.300. The van der Waals surface area contributed by atoms with E-state index in [1.54, 1.807) is 6.92 Å². The van der Waals surface area contributed by atoms with Crippen LogP contribution in [0, 0.1) is 0 Å². The lowest BCUT2D eigenvalue weighted by molar-refractivity contribution is -0.138. The summed E-state index contributed by atoms with van der Waals surface area (Å²) in [5, 5.41) is 0. The first-order valence-electron chi connectivity index (χ1n) is 4.28. The average molecular weight is 360 g/mol. The Morgan fingerprint density at radius 3 is 2.31 bits per heavy atom. The fourth-order valence-corrected chi connectivity index (χ4v) is 2.00. The Labute approximate surface area is 107 Å². The number of benzene rings is 1. The molecule has 0 saturated carbocycles. The quantitative estimate of drug-likeness (QED) is 0.563. The van der Waals surface area contributed by atoms with Gasteiger partial charge < -0.3 is 0 Å². The molecule has 1 aromatic carbocycles. The molecule has 1 rings (SSSR count). The van der Waals surface area contributed by atoms with Gasteiger partial charge in [0.1, 0.15) is 0 Å². The number of carbonyl (C=O) groups excluding carboxylic acids is 1. The Morgan fingerprint density at radius 2 is 1.94 bits per heavy atom. The Hall–Kier alpha value is -0.360. The van der Waals surface area contributed by atoms with Crippen molar-refractivity contribution in [2.45, 2.75) is 17.9 Å². The lowest BCUT2D eigenvalue weighted by Crippen LogP contribution is -2.12. The van der Waals surface area contributed by atoms with Gasteiger partial charge in [-0.3, -0.25) is 4.79 Å². The summed E-state index contributed by atoms with van der Waals surface area (Å²) in [6.45, 7) is 1.62. The second-order valence-corrected chi connectivity index (χ2v) is 5.40. The van der Waals surface area contributed by atoms with Crippen LogP contribution in [0.4, 0.5) is 13.2 Å². The van der Waals surface area contributed by atoms with E-state index in [1.807, 2.05) is 0 Å². The van der Waals surface area contributed by atoms with Gasteiger partial charge in [0.05, 0.1) is 10.4 Å². The van der Waals surface area contributed by atoms with Crippen molar-refractivity contribution in [2.24, 2.45) is 0 Å². The summed E-state index contributed by atoms with van der Waals surface area (Å²) < 4.78 is 37.1. The second kappa shape index (κ2) is 4.87. The maximum absolute atomic E-state index is 12.4. The van der Waals surface area contributed by atoms with Gasteiger partial charge in [0, 0.05) is 10.0 Å². The molecule has 0 heterocycles. The number of Topliss-reactive ketones (excluding diaryl/α,β-unsaturated/α-hetero) is 1. The lowest BCUT2D eigenvalue weighted by Gasteiger charge is -2.10. The highest BCUT2D eigenvalue weighted by atomic mass is 79.9. The van der Waals surface area contributed by atoms with Gasteiger partial charge in [-0.05, 0) is 19.1 Å². The maximum Gasteiger partial charge on any atom is 0.417 e. The Morgan fingerprint density at radius 1 is 1.38 bits per heavy atom. The predicted octanol–water partition coefficient (Wildman–Crippen LogP) is 4.43. The van der Waals surface area contributed by atoms with E-state index in [-0.39, 0.29) is 15.8 Å². The summed E-state index contributed by atoms with van der Waals surface area (Å²) in [5.74, 6) is -0.255. The molecule has 1 aromatic rings. The molecule has 0 N–H and O–H groups in total. The number of alkyl halides is 4. The summed E-state index contributed by atoms with van der Waals surface area (Å²) in [7, 11) is 0. The average Bonchev–Trinajstić information content (AvgIpc) is 2.14. The van der Waals surface area contributed by atoms with E-state index in [4.69, 9.17) is 0 Å². The molecule has 0 amide bonds. The third-order valence-corrected chi connectivity index (χ3v) is 2.99. The molecule has 0 spiro atoms. The van der Waals surface area contributed by atoms with Crippen LogP contribution >= 0.6 is 31.9 Å². The van der Waals surface area contributed by atoms with Gasteiger partial charge in [-0.2, -0.15) is 13.2 Å². The largest absolute Gasteiger partial charge is 0.417 e. The van der Waals surface area contributed by atoms with E-state index < -0.39 is 16.6 Å². The van der Waals surface area contributed by atoms with Crippen molar-refractivity contribution in [1.29, 1.82) is 0 Å². The van der Waals surface area contributed by atoms with Crippen LogP contribution in [-0.4, -0.2) is 10.6 Å². The molecule has 6 heteroatoms. The van der Waals surface area contributed by atoms with E-state index >= 15 is 0 Å². The van der Waals surface area contributed by atoms with Crippen molar-refractivity contribution in [3.05, 3.63) is 33.8 Å². The van der Waals surface area contributed by atoms with Crippen molar-refractivity contribution in [3.8, 4) is 0 Å². The standard InChI is InChI=1S/C10H7Br2F3O/c1-5(11)9(16)6-2-3-7(8(12)4-6)10(13,14)15/h2-5H,1H3. The van der Waals surface area contributed by atoms with Crippen LogP contribution in [0.3, 0.4) is 0 Å². The van der Waals surface area contributed by atoms with Gasteiger partial charge in [0.25, 0.3) is 0 Å². The van der Waals surface area contributed by atoms with Gasteiger partial charge in [-0.25, -0.2) is 0 Å². The minimum atomic E-state index is -4.42. The van der Waals surface area contributed by atoms with Gasteiger partial charge in [0.15, 0.2) is 5.78 Å². The number of carbonyl (C=O) groups is 1. The van der Waals surface area contributed by atoms with Crippen LogP contribution in [0.1, 0.15) is 22.8 Å². The predicted molar refractivity (Wildman–Crippen MR) is 61.9 cm³/mol. The molecular formula is C10H7Br2F3O. The van der Waals surface area contributed by atoms with Crippen molar-refractivity contribution in [2.75, 3.05) is 0 Å². The third kappa shape index (κ3) is 3.07. The Bertz CT molecular complexity index is 413. The topological polar surface area (TPSA) is 17.1 Å². The number of ketones is 1. The van der Waals surface area contributed by atoms with Gasteiger partial charge in [0.2, 0.25) is 0 Å². The highest BCUT2D eigenvalue weighted by Crippen LogP contribution is 2.35. The highest BCUT2D eigenvalue weighted by Gasteiger charge is 2.33. The lowest BCUT2D eigenvalue weighted by atomic mass is 10.1. The zero-order chi connectivity index (χ0) is 12.5. The van der Waals surface area contributed by atoms with E-state index in [9.17, 15) is 18.0 Å². The third-order valence-electron chi connectivity index (χ3n) is 1.92. The monoisotopic (exact) mass is 358 g/mol. The van der Waals surface area contributed by atoms with E-state index in [0.717, 1.165) is 6.07 Å². The molecule has 0 fully saturated rings. The van der Waals surface area contributed by atoms with Crippen molar-refractivity contribution >= 4 is 37.6 Å². The van der Waals surface area contributed by atoms with Crippen LogP contribution in [0.2, 0.25) is 0 Å². The molecular weight excluding hydrogens is 353 g/mol. The molecule has 0 aliphatic carbocycles. The summed E-state index contributed by atoms with van der Waals surface area (Å²) in [6.07, 6.45) is -4.42. The maximum atomic E-state index is 12.4. The number of halogens is 5. The summed E-state index contributed by atoms with van der Waals surface area (Å²) in [4.78, 5) is 11.1. The first-order chi connectivity index (χ1) is 7.23. The first-order valence-corrected chi connectivity index (χ1v) is 5.99. The summed E-state index contributed by atoms with van der Waals surface area (Å²) in [5.41, 5.74) is -0.546. The van der Waals surface area contributed by atoms with Gasteiger partial charge in [-0.1, -0.05) is 37.9 Å². The number of hydrogen-bond acceptors (Lipinski definition) is 1. The first kappa shape index (κ1) is 13.7. The molecule has 0 radical (unpaired) electrons. The minimum Gasteiger partial charge on any atom is -0.293 e.